The first-order valence-electron chi connectivity index (χ1n) is 8.74. The van der Waals surface area contributed by atoms with Crippen LogP contribution in [-0.2, 0) is 14.3 Å². The van der Waals surface area contributed by atoms with Gasteiger partial charge < -0.3 is 14.5 Å². The number of rotatable bonds is 3. The molecule has 22 heavy (non-hydrogen) atoms. The van der Waals surface area contributed by atoms with Gasteiger partial charge in [0.05, 0.1) is 5.41 Å². The topological polar surface area (TPSA) is 49.9 Å². The highest BCUT2D eigenvalue weighted by molar-refractivity contribution is 5.86. The van der Waals surface area contributed by atoms with Gasteiger partial charge in [-0.1, -0.05) is 19.3 Å². The highest BCUT2D eigenvalue weighted by Gasteiger charge is 2.50. The van der Waals surface area contributed by atoms with E-state index in [0.717, 1.165) is 38.6 Å². The van der Waals surface area contributed by atoms with Crippen molar-refractivity contribution in [3.05, 3.63) is 0 Å². The number of hydrogen-bond acceptors (Lipinski definition) is 3. The smallest absolute Gasteiger partial charge is 0.248 e. The molecular formula is C17H28N2O3. The van der Waals surface area contributed by atoms with Crippen molar-refractivity contribution < 1.29 is 14.3 Å². The van der Waals surface area contributed by atoms with Gasteiger partial charge >= 0.3 is 0 Å². The number of methoxy groups -OCH3 is 1. The van der Waals surface area contributed by atoms with E-state index in [4.69, 9.17) is 4.74 Å². The van der Waals surface area contributed by atoms with E-state index in [9.17, 15) is 9.59 Å². The Kier molecular flexibility index (Phi) is 4.71. The molecule has 1 spiro atoms. The van der Waals surface area contributed by atoms with E-state index in [1.54, 1.807) is 7.11 Å². The van der Waals surface area contributed by atoms with Gasteiger partial charge in [0.1, 0.15) is 6.61 Å². The van der Waals surface area contributed by atoms with Crippen molar-refractivity contribution in [1.29, 1.82) is 0 Å². The zero-order valence-corrected chi connectivity index (χ0v) is 13.7. The van der Waals surface area contributed by atoms with Crippen LogP contribution < -0.4 is 0 Å². The fraction of sp³-hybridized carbons (Fsp3) is 0.882. The third-order valence-corrected chi connectivity index (χ3v) is 5.76. The fourth-order valence-electron chi connectivity index (χ4n) is 4.52. The molecule has 0 aromatic rings. The molecule has 1 aliphatic carbocycles. The second-order valence-electron chi connectivity index (χ2n) is 7.17. The molecule has 2 amide bonds. The fourth-order valence-corrected chi connectivity index (χ4v) is 4.52. The number of nitrogens with zero attached hydrogens (tertiary/aromatic N) is 2. The Morgan fingerprint density at radius 2 is 1.95 bits per heavy atom. The van der Waals surface area contributed by atoms with Crippen LogP contribution in [0, 0.1) is 5.41 Å². The number of likely N-dealkylation sites (tertiary alicyclic amines) is 2. The van der Waals surface area contributed by atoms with Crippen LogP contribution in [0.2, 0.25) is 0 Å². The summed E-state index contributed by atoms with van der Waals surface area (Å²) < 4.78 is 4.95. The standard InChI is InChI=1S/C17H28N2O3/c1-22-12-15(20)18-11-9-17(13-18)8-5-10-19(16(17)21)14-6-3-2-4-7-14/h14H,2-13H2,1H3/t17-/m0/s1. The second kappa shape index (κ2) is 6.57. The van der Waals surface area contributed by atoms with E-state index in [2.05, 4.69) is 4.90 Å². The molecule has 0 N–H and O–H groups in total. The molecule has 3 aliphatic rings. The average Bonchev–Trinajstić information content (AvgIpc) is 2.97. The number of amides is 2. The summed E-state index contributed by atoms with van der Waals surface area (Å²) >= 11 is 0. The predicted molar refractivity (Wildman–Crippen MR) is 83.3 cm³/mol. The van der Waals surface area contributed by atoms with Crippen molar-refractivity contribution in [2.75, 3.05) is 33.4 Å². The number of ether oxygens (including phenoxy) is 1. The van der Waals surface area contributed by atoms with Crippen molar-refractivity contribution in [1.82, 2.24) is 9.80 Å². The van der Waals surface area contributed by atoms with Gasteiger partial charge in [0.15, 0.2) is 0 Å². The highest BCUT2D eigenvalue weighted by Crippen LogP contribution is 2.41. The molecule has 0 aromatic heterocycles. The number of carbonyl (C=O) groups excluding carboxylic acids is 2. The zero-order valence-electron chi connectivity index (χ0n) is 13.7. The SMILES string of the molecule is COCC(=O)N1CC[C@@]2(CCCN(C3CCCCC3)C2=O)C1. The molecule has 2 saturated heterocycles. The van der Waals surface area contributed by atoms with Crippen molar-refractivity contribution in [3.63, 3.8) is 0 Å². The van der Waals surface area contributed by atoms with E-state index < -0.39 is 0 Å². The lowest BCUT2D eigenvalue weighted by atomic mass is 9.77. The van der Waals surface area contributed by atoms with Gasteiger partial charge in [0, 0.05) is 32.8 Å². The van der Waals surface area contributed by atoms with E-state index >= 15 is 0 Å². The molecular weight excluding hydrogens is 280 g/mol. The lowest BCUT2D eigenvalue weighted by molar-refractivity contribution is -0.149. The van der Waals surface area contributed by atoms with Gasteiger partial charge in [-0.15, -0.1) is 0 Å². The van der Waals surface area contributed by atoms with Crippen LogP contribution >= 0.6 is 0 Å². The Bertz CT molecular complexity index is 434. The van der Waals surface area contributed by atoms with Gasteiger partial charge in [-0.25, -0.2) is 0 Å². The van der Waals surface area contributed by atoms with Crippen LogP contribution in [0.1, 0.15) is 51.4 Å². The number of carbonyl (C=O) groups is 2. The first-order chi connectivity index (χ1) is 10.7. The first-order valence-corrected chi connectivity index (χ1v) is 8.74. The first kappa shape index (κ1) is 15.8. The molecule has 124 valence electrons. The summed E-state index contributed by atoms with van der Waals surface area (Å²) in [6.45, 7) is 2.33. The third kappa shape index (κ3) is 2.87. The number of piperidine rings is 1. The van der Waals surface area contributed by atoms with Crippen molar-refractivity contribution in [3.8, 4) is 0 Å². The molecule has 2 aliphatic heterocycles. The molecule has 0 radical (unpaired) electrons. The van der Waals surface area contributed by atoms with Crippen molar-refractivity contribution in [2.24, 2.45) is 5.41 Å². The van der Waals surface area contributed by atoms with Crippen molar-refractivity contribution in [2.45, 2.75) is 57.4 Å². The van der Waals surface area contributed by atoms with E-state index in [-0.39, 0.29) is 17.9 Å². The summed E-state index contributed by atoms with van der Waals surface area (Å²) in [6, 6.07) is 0.446. The monoisotopic (exact) mass is 308 g/mol. The predicted octanol–water partition coefficient (Wildman–Crippen LogP) is 1.81. The second-order valence-corrected chi connectivity index (χ2v) is 7.17. The van der Waals surface area contributed by atoms with Gasteiger partial charge in [0.2, 0.25) is 11.8 Å². The highest BCUT2D eigenvalue weighted by atomic mass is 16.5. The van der Waals surface area contributed by atoms with Gasteiger partial charge in [-0.2, -0.15) is 0 Å². The molecule has 2 heterocycles. The van der Waals surface area contributed by atoms with Crippen LogP contribution in [0.3, 0.4) is 0 Å². The van der Waals surface area contributed by atoms with Gasteiger partial charge in [-0.05, 0) is 32.1 Å². The summed E-state index contributed by atoms with van der Waals surface area (Å²) in [5, 5.41) is 0. The molecule has 0 bridgehead atoms. The van der Waals surface area contributed by atoms with E-state index in [1.165, 1.54) is 19.3 Å². The minimum absolute atomic E-state index is 0.0157. The Hall–Kier alpha value is -1.10. The lowest BCUT2D eigenvalue weighted by Gasteiger charge is -2.44. The van der Waals surface area contributed by atoms with Crippen LogP contribution in [0.5, 0.6) is 0 Å². The largest absolute Gasteiger partial charge is 0.375 e. The molecule has 1 atom stereocenters. The van der Waals surface area contributed by atoms with E-state index in [1.807, 2.05) is 4.90 Å². The normalized spacial score (nSPS) is 30.3. The van der Waals surface area contributed by atoms with Gasteiger partial charge in [0.25, 0.3) is 0 Å². The maximum absolute atomic E-state index is 13.1. The van der Waals surface area contributed by atoms with Crippen LogP contribution in [0.25, 0.3) is 0 Å². The summed E-state index contributed by atoms with van der Waals surface area (Å²) in [4.78, 5) is 29.2. The van der Waals surface area contributed by atoms with E-state index in [0.29, 0.717) is 25.0 Å². The minimum atomic E-state index is -0.306. The molecule has 0 unspecified atom stereocenters. The van der Waals surface area contributed by atoms with Crippen LogP contribution in [-0.4, -0.2) is 61.0 Å². The Labute approximate surface area is 133 Å². The summed E-state index contributed by atoms with van der Waals surface area (Å²) in [5.74, 6) is 0.334. The molecule has 5 nitrogen and oxygen atoms in total. The molecule has 3 rings (SSSR count). The molecule has 1 saturated carbocycles. The lowest BCUT2D eigenvalue weighted by Crippen LogP contribution is -2.54. The average molecular weight is 308 g/mol. The Morgan fingerprint density at radius 3 is 2.68 bits per heavy atom. The van der Waals surface area contributed by atoms with Crippen LogP contribution in [0.15, 0.2) is 0 Å². The minimum Gasteiger partial charge on any atom is -0.375 e. The van der Waals surface area contributed by atoms with Gasteiger partial charge in [-0.3, -0.25) is 9.59 Å². The quantitative estimate of drug-likeness (QED) is 0.799. The Balaban J connectivity index is 1.68. The molecule has 0 aromatic carbocycles. The Morgan fingerprint density at radius 1 is 1.18 bits per heavy atom. The third-order valence-electron chi connectivity index (χ3n) is 5.76. The zero-order chi connectivity index (χ0) is 15.6. The maximum Gasteiger partial charge on any atom is 0.248 e. The number of hydrogen-bond donors (Lipinski definition) is 0. The molecule has 3 fully saturated rings. The summed E-state index contributed by atoms with van der Waals surface area (Å²) in [7, 11) is 1.54. The maximum atomic E-state index is 13.1. The molecule has 5 heteroatoms. The summed E-state index contributed by atoms with van der Waals surface area (Å²) in [6.07, 6.45) is 8.97. The van der Waals surface area contributed by atoms with Crippen molar-refractivity contribution >= 4 is 11.8 Å². The summed E-state index contributed by atoms with van der Waals surface area (Å²) in [5.41, 5.74) is -0.306. The van der Waals surface area contributed by atoms with Crippen LogP contribution in [0.4, 0.5) is 0 Å².